The van der Waals surface area contributed by atoms with Crippen LogP contribution in [0, 0.1) is 13.8 Å². The Morgan fingerprint density at radius 1 is 1.38 bits per heavy atom. The maximum absolute atomic E-state index is 12.8. The normalized spacial score (nSPS) is 19.6. The second-order valence-corrected chi connectivity index (χ2v) is 7.71. The van der Waals surface area contributed by atoms with Crippen LogP contribution < -0.4 is 0 Å². The van der Waals surface area contributed by atoms with Gasteiger partial charge in [0.05, 0.1) is 12.2 Å². The van der Waals surface area contributed by atoms with Crippen LogP contribution in [0.25, 0.3) is 0 Å². The van der Waals surface area contributed by atoms with E-state index in [1.807, 2.05) is 13.8 Å². The highest BCUT2D eigenvalue weighted by Crippen LogP contribution is 2.29. The summed E-state index contributed by atoms with van der Waals surface area (Å²) in [6, 6.07) is 0. The number of sulfonamides is 1. The van der Waals surface area contributed by atoms with Gasteiger partial charge >= 0.3 is 5.97 Å². The lowest BCUT2D eigenvalue weighted by Crippen LogP contribution is -2.50. The third kappa shape index (κ3) is 2.83. The van der Waals surface area contributed by atoms with E-state index < -0.39 is 21.6 Å². The molecule has 2 rings (SSSR count). The van der Waals surface area contributed by atoms with Crippen LogP contribution in [0.2, 0.25) is 0 Å². The third-order valence-corrected chi connectivity index (χ3v) is 5.69. The van der Waals surface area contributed by atoms with Gasteiger partial charge in [-0.2, -0.15) is 4.31 Å². The molecule has 118 valence electrons. The molecule has 0 aliphatic carbocycles. The molecule has 0 radical (unpaired) electrons. The first kappa shape index (κ1) is 16.0. The van der Waals surface area contributed by atoms with Crippen molar-refractivity contribution in [2.45, 2.75) is 38.2 Å². The number of nitrogens with one attached hydrogen (secondary N) is 1. The van der Waals surface area contributed by atoms with E-state index in [0.29, 0.717) is 12.3 Å². The number of rotatable bonds is 3. The molecule has 8 heteroatoms. The maximum atomic E-state index is 12.8. The Balaban J connectivity index is 2.48. The SMILES string of the molecule is Cc1[nH]c(C(=O)O)c(C)c1S(=O)(=O)N1CCOC(C)(C)C1. The second kappa shape index (κ2) is 5.11. The second-order valence-electron chi connectivity index (χ2n) is 5.83. The predicted octanol–water partition coefficient (Wildman–Crippen LogP) is 1.13. The minimum atomic E-state index is -3.75. The summed E-state index contributed by atoms with van der Waals surface area (Å²) in [7, 11) is -3.75. The molecule has 1 aromatic rings. The largest absolute Gasteiger partial charge is 0.477 e. The minimum Gasteiger partial charge on any atom is -0.477 e. The summed E-state index contributed by atoms with van der Waals surface area (Å²) in [5, 5.41) is 9.10. The molecule has 2 N–H and O–H groups in total. The van der Waals surface area contributed by atoms with Crippen LogP contribution in [0.1, 0.15) is 35.6 Å². The minimum absolute atomic E-state index is 0.0533. The number of carboxylic acids is 1. The molecule has 1 fully saturated rings. The molecular weight excluding hydrogens is 296 g/mol. The lowest BCUT2D eigenvalue weighted by Gasteiger charge is -2.37. The van der Waals surface area contributed by atoms with Gasteiger partial charge in [-0.1, -0.05) is 0 Å². The summed E-state index contributed by atoms with van der Waals surface area (Å²) in [5.41, 5.74) is -0.0592. The number of aryl methyl sites for hydroxylation is 1. The Morgan fingerprint density at radius 2 is 2.00 bits per heavy atom. The molecule has 2 heterocycles. The molecule has 21 heavy (non-hydrogen) atoms. The molecule has 1 saturated heterocycles. The van der Waals surface area contributed by atoms with Crippen molar-refractivity contribution in [1.82, 2.24) is 9.29 Å². The first-order chi connectivity index (χ1) is 9.56. The summed E-state index contributed by atoms with van der Waals surface area (Å²) in [6.07, 6.45) is 0. The Kier molecular flexibility index (Phi) is 3.90. The smallest absolute Gasteiger partial charge is 0.352 e. The summed E-state index contributed by atoms with van der Waals surface area (Å²) in [5.74, 6) is -1.17. The van der Waals surface area contributed by atoms with E-state index in [2.05, 4.69) is 4.98 Å². The number of aromatic carboxylic acids is 1. The van der Waals surface area contributed by atoms with Crippen LogP contribution in [-0.4, -0.2) is 54.1 Å². The van der Waals surface area contributed by atoms with E-state index in [4.69, 9.17) is 9.84 Å². The average Bonchev–Trinajstić information content (AvgIpc) is 2.64. The van der Waals surface area contributed by atoms with Crippen LogP contribution in [0.4, 0.5) is 0 Å². The zero-order valence-corrected chi connectivity index (χ0v) is 13.4. The van der Waals surface area contributed by atoms with Crippen LogP contribution in [0.15, 0.2) is 4.90 Å². The van der Waals surface area contributed by atoms with Crippen molar-refractivity contribution in [2.24, 2.45) is 0 Å². The van der Waals surface area contributed by atoms with Gasteiger partial charge in [0, 0.05) is 24.3 Å². The molecule has 0 spiro atoms. The van der Waals surface area contributed by atoms with Gasteiger partial charge in [-0.15, -0.1) is 0 Å². The number of carbonyl (C=O) groups is 1. The summed E-state index contributed by atoms with van der Waals surface area (Å²) < 4.78 is 32.5. The van der Waals surface area contributed by atoms with Gasteiger partial charge in [-0.25, -0.2) is 13.2 Å². The highest BCUT2D eigenvalue weighted by atomic mass is 32.2. The fraction of sp³-hybridized carbons (Fsp3) is 0.615. The van der Waals surface area contributed by atoms with Gasteiger partial charge in [0.25, 0.3) is 0 Å². The first-order valence-electron chi connectivity index (χ1n) is 6.63. The fourth-order valence-corrected chi connectivity index (χ4v) is 4.62. The molecule has 0 aromatic carbocycles. The van der Waals surface area contributed by atoms with E-state index in [9.17, 15) is 13.2 Å². The standard InChI is InChI=1S/C13H20N2O5S/c1-8-10(12(16)17)14-9(2)11(8)21(18,19)15-5-6-20-13(3,4)7-15/h14H,5-7H2,1-4H3,(H,16,17). The van der Waals surface area contributed by atoms with Gasteiger partial charge in [0.15, 0.2) is 0 Å². The van der Waals surface area contributed by atoms with Crippen molar-refractivity contribution < 1.29 is 23.1 Å². The quantitative estimate of drug-likeness (QED) is 0.871. The lowest BCUT2D eigenvalue weighted by atomic mass is 10.1. The Morgan fingerprint density at radius 3 is 2.48 bits per heavy atom. The van der Waals surface area contributed by atoms with Gasteiger partial charge < -0.3 is 14.8 Å². The molecule has 0 bridgehead atoms. The average molecular weight is 316 g/mol. The number of H-pyrrole nitrogens is 1. The molecule has 0 amide bonds. The molecule has 0 atom stereocenters. The van der Waals surface area contributed by atoms with Crippen LogP contribution >= 0.6 is 0 Å². The number of carboxylic acid groups (broad SMARTS) is 1. The van der Waals surface area contributed by atoms with Gasteiger partial charge in [-0.3, -0.25) is 0 Å². The van der Waals surface area contributed by atoms with Crippen molar-refractivity contribution in [3.05, 3.63) is 17.0 Å². The Hall–Kier alpha value is -1.38. The first-order valence-corrected chi connectivity index (χ1v) is 8.07. The molecule has 0 saturated carbocycles. The van der Waals surface area contributed by atoms with Gasteiger partial charge in [0.2, 0.25) is 10.0 Å². The summed E-state index contributed by atoms with van der Waals surface area (Å²) >= 11 is 0. The maximum Gasteiger partial charge on any atom is 0.352 e. The van der Waals surface area contributed by atoms with E-state index in [-0.39, 0.29) is 29.2 Å². The summed E-state index contributed by atoms with van der Waals surface area (Å²) in [6.45, 7) is 7.55. The predicted molar refractivity (Wildman–Crippen MR) is 76.0 cm³/mol. The third-order valence-electron chi connectivity index (χ3n) is 3.57. The van der Waals surface area contributed by atoms with Crippen molar-refractivity contribution >= 4 is 16.0 Å². The van der Waals surface area contributed by atoms with Crippen LogP contribution in [0.5, 0.6) is 0 Å². The van der Waals surface area contributed by atoms with Gasteiger partial charge in [-0.05, 0) is 27.7 Å². The number of ether oxygens (including phenoxy) is 1. The molecule has 0 unspecified atom stereocenters. The number of aromatic nitrogens is 1. The highest BCUT2D eigenvalue weighted by molar-refractivity contribution is 7.89. The van der Waals surface area contributed by atoms with E-state index in [1.54, 1.807) is 6.92 Å². The molecular formula is C13H20N2O5S. The molecule has 1 aliphatic rings. The molecule has 1 aromatic heterocycles. The summed E-state index contributed by atoms with van der Waals surface area (Å²) in [4.78, 5) is 13.8. The van der Waals surface area contributed by atoms with E-state index >= 15 is 0 Å². The van der Waals surface area contributed by atoms with Crippen molar-refractivity contribution in [2.75, 3.05) is 19.7 Å². The topological polar surface area (TPSA) is 99.7 Å². The van der Waals surface area contributed by atoms with Crippen molar-refractivity contribution in [1.29, 1.82) is 0 Å². The molecule has 1 aliphatic heterocycles. The van der Waals surface area contributed by atoms with Crippen molar-refractivity contribution in [3.8, 4) is 0 Å². The fourth-order valence-electron chi connectivity index (χ4n) is 2.64. The van der Waals surface area contributed by atoms with E-state index in [0.717, 1.165) is 0 Å². The zero-order valence-electron chi connectivity index (χ0n) is 12.6. The highest BCUT2D eigenvalue weighted by Gasteiger charge is 2.37. The Bertz CT molecular complexity index is 675. The van der Waals surface area contributed by atoms with Gasteiger partial charge in [0.1, 0.15) is 10.6 Å². The molecule has 7 nitrogen and oxygen atoms in total. The number of nitrogens with zero attached hydrogens (tertiary/aromatic N) is 1. The van der Waals surface area contributed by atoms with E-state index in [1.165, 1.54) is 11.2 Å². The number of morpholine rings is 1. The number of hydrogen-bond acceptors (Lipinski definition) is 4. The lowest BCUT2D eigenvalue weighted by molar-refractivity contribution is -0.0640. The Labute approximate surface area is 124 Å². The van der Waals surface area contributed by atoms with Crippen LogP contribution in [-0.2, 0) is 14.8 Å². The van der Waals surface area contributed by atoms with Crippen LogP contribution in [0.3, 0.4) is 0 Å². The number of aromatic amines is 1. The zero-order chi connectivity index (χ0) is 16.0. The van der Waals surface area contributed by atoms with Crippen molar-refractivity contribution in [3.63, 3.8) is 0 Å². The number of hydrogen-bond donors (Lipinski definition) is 2. The monoisotopic (exact) mass is 316 g/mol.